The molecule has 1 aromatic rings. The molecule has 1 aromatic carbocycles. The average Bonchev–Trinajstić information content (AvgIpc) is 2.32. The van der Waals surface area contributed by atoms with Crippen LogP contribution >= 0.6 is 23.2 Å². The Labute approximate surface area is 123 Å². The third-order valence-electron chi connectivity index (χ3n) is 3.56. The lowest BCUT2D eigenvalue weighted by Gasteiger charge is -2.46. The first-order valence-corrected chi connectivity index (χ1v) is 6.78. The van der Waals surface area contributed by atoms with Crippen molar-refractivity contribution in [1.29, 1.82) is 0 Å². The van der Waals surface area contributed by atoms with E-state index in [0.29, 0.717) is 28.8 Å². The van der Waals surface area contributed by atoms with E-state index in [1.807, 2.05) is 18.7 Å². The number of halogens is 2. The van der Waals surface area contributed by atoms with Gasteiger partial charge in [0.05, 0.1) is 21.4 Å². The highest BCUT2D eigenvalue weighted by molar-refractivity contribution is 6.42. The van der Waals surface area contributed by atoms with E-state index in [9.17, 15) is 4.79 Å². The molecule has 0 atom stereocenters. The number of hydrogen-bond donors (Lipinski definition) is 1. The summed E-state index contributed by atoms with van der Waals surface area (Å²) in [6.07, 6.45) is 0. The Kier molecular flexibility index (Phi) is 3.58. The van der Waals surface area contributed by atoms with Crippen molar-refractivity contribution < 1.29 is 4.79 Å². The van der Waals surface area contributed by atoms with Gasteiger partial charge in [-0.15, -0.1) is 0 Å². The molecule has 6 heteroatoms. The molecule has 1 amide bonds. The first-order valence-electron chi connectivity index (χ1n) is 6.03. The molecule has 1 fully saturated rings. The van der Waals surface area contributed by atoms with Crippen LogP contribution in [0.3, 0.4) is 0 Å². The van der Waals surface area contributed by atoms with Gasteiger partial charge >= 0.3 is 0 Å². The average molecular weight is 302 g/mol. The highest BCUT2D eigenvalue weighted by Gasteiger charge is 2.41. The molecular weight excluding hydrogens is 285 g/mol. The normalized spacial score (nSPS) is 18.9. The van der Waals surface area contributed by atoms with Gasteiger partial charge in [0.25, 0.3) is 0 Å². The first-order chi connectivity index (χ1) is 8.75. The molecule has 1 saturated heterocycles. The summed E-state index contributed by atoms with van der Waals surface area (Å²) in [5.74, 6) is 0.0595. The SMILES string of the molecule is CN1CCN(c2cc(Cl)c(Cl)cc2N)C(C)(C)C1=O. The van der Waals surface area contributed by atoms with E-state index in [0.717, 1.165) is 5.69 Å². The number of nitrogen functional groups attached to an aromatic ring is 1. The number of carbonyl (C=O) groups excluding carboxylic acids is 1. The molecule has 0 spiro atoms. The van der Waals surface area contributed by atoms with Gasteiger partial charge in [0.1, 0.15) is 5.54 Å². The maximum atomic E-state index is 12.3. The van der Waals surface area contributed by atoms with Crippen molar-refractivity contribution in [1.82, 2.24) is 4.90 Å². The standard InChI is InChI=1S/C13H17Cl2N3O/c1-13(2)12(19)17(3)4-5-18(13)11-7-9(15)8(14)6-10(11)16/h6-7H,4-5,16H2,1-3H3. The fourth-order valence-corrected chi connectivity index (χ4v) is 2.75. The van der Waals surface area contributed by atoms with Gasteiger partial charge in [0, 0.05) is 20.1 Å². The Morgan fingerprint density at radius 3 is 2.42 bits per heavy atom. The van der Waals surface area contributed by atoms with E-state index in [4.69, 9.17) is 28.9 Å². The zero-order valence-corrected chi connectivity index (χ0v) is 12.7. The van der Waals surface area contributed by atoms with Gasteiger partial charge in [-0.1, -0.05) is 23.2 Å². The summed E-state index contributed by atoms with van der Waals surface area (Å²) >= 11 is 12.0. The zero-order chi connectivity index (χ0) is 14.4. The van der Waals surface area contributed by atoms with Crippen molar-refractivity contribution in [3.63, 3.8) is 0 Å². The van der Waals surface area contributed by atoms with Crippen molar-refractivity contribution in [3.8, 4) is 0 Å². The number of piperazine rings is 1. The summed E-state index contributed by atoms with van der Waals surface area (Å²) < 4.78 is 0. The molecule has 0 bridgehead atoms. The topological polar surface area (TPSA) is 49.6 Å². The van der Waals surface area contributed by atoms with Crippen LogP contribution < -0.4 is 10.6 Å². The second-order valence-electron chi connectivity index (χ2n) is 5.26. The van der Waals surface area contributed by atoms with Gasteiger partial charge in [-0.2, -0.15) is 0 Å². The molecule has 1 heterocycles. The molecule has 1 aliphatic rings. The van der Waals surface area contributed by atoms with Gasteiger partial charge in [-0.3, -0.25) is 4.79 Å². The third kappa shape index (κ3) is 2.35. The number of anilines is 2. The van der Waals surface area contributed by atoms with Crippen molar-refractivity contribution in [2.24, 2.45) is 0 Å². The van der Waals surface area contributed by atoms with Crippen LogP contribution in [0.25, 0.3) is 0 Å². The summed E-state index contributed by atoms with van der Waals surface area (Å²) in [6, 6.07) is 3.34. The lowest BCUT2D eigenvalue weighted by molar-refractivity contribution is -0.136. The van der Waals surface area contributed by atoms with Crippen LogP contribution in [0.2, 0.25) is 10.0 Å². The fourth-order valence-electron chi connectivity index (χ4n) is 2.42. The van der Waals surface area contributed by atoms with E-state index in [1.165, 1.54) is 0 Å². The van der Waals surface area contributed by atoms with Crippen LogP contribution in [0.1, 0.15) is 13.8 Å². The van der Waals surface area contributed by atoms with Crippen LogP contribution in [0.4, 0.5) is 11.4 Å². The summed E-state index contributed by atoms with van der Waals surface area (Å²) in [7, 11) is 1.81. The molecule has 2 N–H and O–H groups in total. The van der Waals surface area contributed by atoms with Crippen molar-refractivity contribution >= 4 is 40.5 Å². The Morgan fingerprint density at radius 1 is 1.21 bits per heavy atom. The Morgan fingerprint density at radius 2 is 1.79 bits per heavy atom. The number of amides is 1. The van der Waals surface area contributed by atoms with Gasteiger partial charge in [-0.05, 0) is 26.0 Å². The molecule has 104 valence electrons. The molecule has 0 radical (unpaired) electrons. The van der Waals surface area contributed by atoms with Crippen LogP contribution in [0, 0.1) is 0 Å². The van der Waals surface area contributed by atoms with Gasteiger partial charge in [0.15, 0.2) is 0 Å². The van der Waals surface area contributed by atoms with E-state index in [-0.39, 0.29) is 5.91 Å². The number of nitrogens with zero attached hydrogens (tertiary/aromatic N) is 2. The second kappa shape index (κ2) is 4.76. The lowest BCUT2D eigenvalue weighted by atomic mass is 9.96. The van der Waals surface area contributed by atoms with Gasteiger partial charge in [0.2, 0.25) is 5.91 Å². The molecule has 2 rings (SSSR count). The minimum absolute atomic E-state index is 0.0595. The number of hydrogen-bond acceptors (Lipinski definition) is 3. The molecule has 0 saturated carbocycles. The Bertz CT molecular complexity index is 531. The lowest BCUT2D eigenvalue weighted by Crippen LogP contribution is -2.62. The van der Waals surface area contributed by atoms with E-state index < -0.39 is 5.54 Å². The molecular formula is C13H17Cl2N3O. The maximum absolute atomic E-state index is 12.3. The summed E-state index contributed by atoms with van der Waals surface area (Å²) in [5.41, 5.74) is 6.64. The summed E-state index contributed by atoms with van der Waals surface area (Å²) in [4.78, 5) is 16.0. The Balaban J connectivity index is 2.47. The molecule has 4 nitrogen and oxygen atoms in total. The molecule has 0 unspecified atom stereocenters. The first kappa shape index (κ1) is 14.3. The van der Waals surface area contributed by atoms with E-state index >= 15 is 0 Å². The predicted molar refractivity (Wildman–Crippen MR) is 79.9 cm³/mol. The number of likely N-dealkylation sites (N-methyl/N-ethyl adjacent to an activating group) is 1. The zero-order valence-electron chi connectivity index (χ0n) is 11.2. The predicted octanol–water partition coefficient (Wildman–Crippen LogP) is 2.63. The monoisotopic (exact) mass is 301 g/mol. The largest absolute Gasteiger partial charge is 0.397 e. The van der Waals surface area contributed by atoms with E-state index in [2.05, 4.69) is 0 Å². The molecule has 0 aliphatic carbocycles. The second-order valence-corrected chi connectivity index (χ2v) is 6.08. The van der Waals surface area contributed by atoms with Crippen molar-refractivity contribution in [3.05, 3.63) is 22.2 Å². The van der Waals surface area contributed by atoms with Crippen LogP contribution in [0.15, 0.2) is 12.1 Å². The van der Waals surface area contributed by atoms with E-state index in [1.54, 1.807) is 24.1 Å². The summed E-state index contributed by atoms with van der Waals surface area (Å²) in [5, 5.41) is 0.856. The highest BCUT2D eigenvalue weighted by atomic mass is 35.5. The number of nitrogens with two attached hydrogens (primary N) is 1. The smallest absolute Gasteiger partial charge is 0.247 e. The Hall–Kier alpha value is -1.13. The summed E-state index contributed by atoms with van der Waals surface area (Å²) in [6.45, 7) is 5.12. The fraction of sp³-hybridized carbons (Fsp3) is 0.462. The number of rotatable bonds is 1. The molecule has 1 aliphatic heterocycles. The number of carbonyl (C=O) groups is 1. The van der Waals surface area contributed by atoms with Crippen LogP contribution in [-0.4, -0.2) is 36.5 Å². The maximum Gasteiger partial charge on any atom is 0.247 e. The molecule has 0 aromatic heterocycles. The quantitative estimate of drug-likeness (QED) is 0.811. The number of benzene rings is 1. The van der Waals surface area contributed by atoms with Crippen LogP contribution in [0.5, 0.6) is 0 Å². The van der Waals surface area contributed by atoms with Gasteiger partial charge in [-0.25, -0.2) is 0 Å². The minimum atomic E-state index is -0.654. The third-order valence-corrected chi connectivity index (χ3v) is 4.29. The van der Waals surface area contributed by atoms with Gasteiger partial charge < -0.3 is 15.5 Å². The van der Waals surface area contributed by atoms with Crippen molar-refractivity contribution in [2.45, 2.75) is 19.4 Å². The van der Waals surface area contributed by atoms with Crippen molar-refractivity contribution in [2.75, 3.05) is 30.8 Å². The highest BCUT2D eigenvalue weighted by Crippen LogP contribution is 2.37. The van der Waals surface area contributed by atoms with Crippen LogP contribution in [-0.2, 0) is 4.79 Å². The minimum Gasteiger partial charge on any atom is -0.397 e. The molecule has 19 heavy (non-hydrogen) atoms.